The molecule has 1 fully saturated rings. The van der Waals surface area contributed by atoms with Gasteiger partial charge in [0.1, 0.15) is 0 Å². The minimum atomic E-state index is -1.13. The van der Waals surface area contributed by atoms with E-state index in [2.05, 4.69) is 5.32 Å². The molecule has 1 aliphatic carbocycles. The van der Waals surface area contributed by atoms with Crippen LogP contribution in [0.1, 0.15) is 19.3 Å². The predicted molar refractivity (Wildman–Crippen MR) is 50.5 cm³/mol. The van der Waals surface area contributed by atoms with Crippen molar-refractivity contribution in [2.75, 3.05) is 0 Å². The maximum absolute atomic E-state index is 11.1. The van der Waals surface area contributed by atoms with Gasteiger partial charge in [-0.25, -0.2) is 4.79 Å². The van der Waals surface area contributed by atoms with Gasteiger partial charge in [-0.1, -0.05) is 0 Å². The van der Waals surface area contributed by atoms with Crippen LogP contribution in [-0.4, -0.2) is 29.1 Å². The molecule has 0 radical (unpaired) electrons. The molecule has 1 rings (SSSR count). The Bertz CT molecular complexity index is 263. The molecule has 0 aromatic carbocycles. The van der Waals surface area contributed by atoms with E-state index in [0.29, 0.717) is 0 Å². The third kappa shape index (κ3) is 3.18. The van der Waals surface area contributed by atoms with Gasteiger partial charge in [0.2, 0.25) is 5.91 Å². The molecule has 1 saturated carbocycles. The van der Waals surface area contributed by atoms with Crippen LogP contribution in [0, 0.1) is 0 Å². The largest absolute Gasteiger partial charge is 0.478 e. The maximum atomic E-state index is 11.1. The van der Waals surface area contributed by atoms with Gasteiger partial charge in [-0.3, -0.25) is 4.79 Å². The summed E-state index contributed by atoms with van der Waals surface area (Å²) in [5.74, 6) is -1.52. The highest BCUT2D eigenvalue weighted by Gasteiger charge is 2.24. The normalized spacial score (nSPS) is 26.6. The highest BCUT2D eigenvalue weighted by atomic mass is 16.4. The molecule has 2 atom stereocenters. The molecule has 14 heavy (non-hydrogen) atoms. The monoisotopic (exact) mass is 198 g/mol. The van der Waals surface area contributed by atoms with E-state index in [1.165, 1.54) is 0 Å². The quantitative estimate of drug-likeness (QED) is 0.539. The van der Waals surface area contributed by atoms with Gasteiger partial charge < -0.3 is 16.2 Å². The summed E-state index contributed by atoms with van der Waals surface area (Å²) in [5.41, 5.74) is 5.73. The van der Waals surface area contributed by atoms with Gasteiger partial charge in [0.25, 0.3) is 0 Å². The summed E-state index contributed by atoms with van der Waals surface area (Å²) in [6.45, 7) is 0. The fourth-order valence-electron chi connectivity index (χ4n) is 1.55. The standard InChI is InChI=1S/C9H14N2O3/c10-6-2-1-3-7(6)11-8(12)4-5-9(13)14/h4-7H,1-3,10H2,(H,11,12)(H,13,14)/b5-4+. The molecule has 0 aromatic heterocycles. The van der Waals surface area contributed by atoms with Crippen LogP contribution in [0.4, 0.5) is 0 Å². The molecule has 2 unspecified atom stereocenters. The Balaban J connectivity index is 2.36. The first-order chi connectivity index (χ1) is 6.59. The van der Waals surface area contributed by atoms with Crippen molar-refractivity contribution >= 4 is 11.9 Å². The number of nitrogens with one attached hydrogen (secondary N) is 1. The van der Waals surface area contributed by atoms with Gasteiger partial charge in [-0.2, -0.15) is 0 Å². The van der Waals surface area contributed by atoms with Crippen LogP contribution in [0.2, 0.25) is 0 Å². The molecule has 1 aliphatic rings. The van der Waals surface area contributed by atoms with E-state index in [9.17, 15) is 9.59 Å². The first-order valence-electron chi connectivity index (χ1n) is 4.56. The molecular formula is C9H14N2O3. The van der Waals surface area contributed by atoms with Gasteiger partial charge in [0, 0.05) is 24.2 Å². The van der Waals surface area contributed by atoms with Crippen molar-refractivity contribution in [1.29, 1.82) is 0 Å². The second-order valence-electron chi connectivity index (χ2n) is 3.38. The Morgan fingerprint density at radius 1 is 1.36 bits per heavy atom. The number of amides is 1. The third-order valence-corrected chi connectivity index (χ3v) is 2.27. The van der Waals surface area contributed by atoms with E-state index < -0.39 is 11.9 Å². The molecule has 1 amide bonds. The van der Waals surface area contributed by atoms with E-state index in [0.717, 1.165) is 31.4 Å². The zero-order chi connectivity index (χ0) is 10.6. The van der Waals surface area contributed by atoms with Crippen molar-refractivity contribution in [3.8, 4) is 0 Å². The van der Waals surface area contributed by atoms with E-state index in [4.69, 9.17) is 10.8 Å². The van der Waals surface area contributed by atoms with E-state index >= 15 is 0 Å². The van der Waals surface area contributed by atoms with Crippen molar-refractivity contribution in [3.05, 3.63) is 12.2 Å². The lowest BCUT2D eigenvalue weighted by Gasteiger charge is -2.15. The fraction of sp³-hybridized carbons (Fsp3) is 0.556. The highest BCUT2D eigenvalue weighted by molar-refractivity contribution is 5.94. The highest BCUT2D eigenvalue weighted by Crippen LogP contribution is 2.16. The van der Waals surface area contributed by atoms with Crippen LogP contribution in [0.5, 0.6) is 0 Å². The van der Waals surface area contributed by atoms with Crippen molar-refractivity contribution in [2.24, 2.45) is 5.73 Å². The molecule has 5 nitrogen and oxygen atoms in total. The Kier molecular flexibility index (Phi) is 3.64. The Morgan fingerprint density at radius 2 is 2.07 bits per heavy atom. The van der Waals surface area contributed by atoms with Crippen LogP contribution >= 0.6 is 0 Å². The molecule has 0 aromatic rings. The van der Waals surface area contributed by atoms with Gasteiger partial charge in [0.15, 0.2) is 0 Å². The summed E-state index contributed by atoms with van der Waals surface area (Å²) >= 11 is 0. The average Bonchev–Trinajstić information content (AvgIpc) is 2.49. The van der Waals surface area contributed by atoms with Crippen molar-refractivity contribution < 1.29 is 14.7 Å². The van der Waals surface area contributed by atoms with Gasteiger partial charge in [-0.05, 0) is 19.3 Å². The number of hydrogen-bond acceptors (Lipinski definition) is 3. The number of carbonyl (C=O) groups is 2. The second kappa shape index (κ2) is 4.76. The minimum Gasteiger partial charge on any atom is -0.478 e. The number of carboxylic acids is 1. The number of carbonyl (C=O) groups excluding carboxylic acids is 1. The summed E-state index contributed by atoms with van der Waals surface area (Å²) in [5, 5.41) is 11.0. The zero-order valence-corrected chi connectivity index (χ0v) is 7.77. The molecule has 0 bridgehead atoms. The molecular weight excluding hydrogens is 184 g/mol. The molecule has 0 aliphatic heterocycles. The van der Waals surface area contributed by atoms with Crippen LogP contribution in [0.25, 0.3) is 0 Å². The van der Waals surface area contributed by atoms with E-state index in [1.807, 2.05) is 0 Å². The summed E-state index contributed by atoms with van der Waals surface area (Å²) in [6.07, 6.45) is 4.61. The topological polar surface area (TPSA) is 92.4 Å². The van der Waals surface area contributed by atoms with Crippen LogP contribution in [-0.2, 0) is 9.59 Å². The van der Waals surface area contributed by atoms with Gasteiger partial charge >= 0.3 is 5.97 Å². The van der Waals surface area contributed by atoms with Crippen LogP contribution in [0.3, 0.4) is 0 Å². The lowest BCUT2D eigenvalue weighted by atomic mass is 10.2. The number of aliphatic carboxylic acids is 1. The fourth-order valence-corrected chi connectivity index (χ4v) is 1.55. The molecule has 0 heterocycles. The Labute approximate surface area is 82.0 Å². The Hall–Kier alpha value is -1.36. The SMILES string of the molecule is NC1CCCC1NC(=O)/C=C/C(=O)O. The average molecular weight is 198 g/mol. The molecule has 4 N–H and O–H groups in total. The van der Waals surface area contributed by atoms with Gasteiger partial charge in [0.05, 0.1) is 0 Å². The lowest BCUT2D eigenvalue weighted by Crippen LogP contribution is -2.43. The summed E-state index contributed by atoms with van der Waals surface area (Å²) in [7, 11) is 0. The van der Waals surface area contributed by atoms with Crippen LogP contribution < -0.4 is 11.1 Å². The number of rotatable bonds is 3. The molecule has 78 valence electrons. The number of carboxylic acid groups (broad SMARTS) is 1. The Morgan fingerprint density at radius 3 is 2.57 bits per heavy atom. The number of hydrogen-bond donors (Lipinski definition) is 3. The smallest absolute Gasteiger partial charge is 0.328 e. The first kappa shape index (κ1) is 10.7. The summed E-state index contributed by atoms with van der Waals surface area (Å²) in [6, 6.07) is -0.0156. The third-order valence-electron chi connectivity index (χ3n) is 2.27. The lowest BCUT2D eigenvalue weighted by molar-refractivity contribution is -0.131. The number of nitrogens with two attached hydrogens (primary N) is 1. The first-order valence-corrected chi connectivity index (χ1v) is 4.56. The van der Waals surface area contributed by atoms with Gasteiger partial charge in [-0.15, -0.1) is 0 Å². The molecule has 0 spiro atoms. The predicted octanol–water partition coefficient (Wildman–Crippen LogP) is -0.377. The maximum Gasteiger partial charge on any atom is 0.328 e. The minimum absolute atomic E-state index is 0.00261. The van der Waals surface area contributed by atoms with Crippen LogP contribution in [0.15, 0.2) is 12.2 Å². The zero-order valence-electron chi connectivity index (χ0n) is 7.77. The van der Waals surface area contributed by atoms with E-state index in [-0.39, 0.29) is 12.1 Å². The van der Waals surface area contributed by atoms with Crippen molar-refractivity contribution in [3.63, 3.8) is 0 Å². The van der Waals surface area contributed by atoms with Crippen molar-refractivity contribution in [1.82, 2.24) is 5.32 Å². The summed E-state index contributed by atoms with van der Waals surface area (Å²) in [4.78, 5) is 21.2. The second-order valence-corrected chi connectivity index (χ2v) is 3.38. The molecule has 5 heteroatoms. The molecule has 0 saturated heterocycles. The summed E-state index contributed by atoms with van der Waals surface area (Å²) < 4.78 is 0. The van der Waals surface area contributed by atoms with E-state index in [1.54, 1.807) is 0 Å². The van der Waals surface area contributed by atoms with Crippen molar-refractivity contribution in [2.45, 2.75) is 31.3 Å².